The van der Waals surface area contributed by atoms with Gasteiger partial charge in [0, 0.05) is 6.54 Å². The van der Waals surface area contributed by atoms with Crippen LogP contribution >= 0.6 is 0 Å². The largest absolute Gasteiger partial charge is 0.496 e. The molecule has 0 saturated carbocycles. The Labute approximate surface area is 200 Å². The molecule has 0 saturated heterocycles. The Morgan fingerprint density at radius 1 is 1.03 bits per heavy atom. The van der Waals surface area contributed by atoms with Gasteiger partial charge in [-0.1, -0.05) is 36.4 Å². The molecular formula is C28H31N3O3. The molecule has 34 heavy (non-hydrogen) atoms. The van der Waals surface area contributed by atoms with Crippen molar-refractivity contribution in [2.75, 3.05) is 13.7 Å². The predicted octanol–water partition coefficient (Wildman–Crippen LogP) is 5.70. The van der Waals surface area contributed by atoms with E-state index in [1.807, 2.05) is 55.5 Å². The Balaban J connectivity index is 1.44. The molecule has 3 aromatic carbocycles. The predicted molar refractivity (Wildman–Crippen MR) is 135 cm³/mol. The number of nitrogens with one attached hydrogen (secondary N) is 1. The first-order valence-corrected chi connectivity index (χ1v) is 11.7. The van der Waals surface area contributed by atoms with Crippen LogP contribution in [-0.2, 0) is 6.54 Å². The summed E-state index contributed by atoms with van der Waals surface area (Å²) in [5, 5.41) is 3.09. The van der Waals surface area contributed by atoms with Crippen molar-refractivity contribution >= 4 is 16.9 Å². The fourth-order valence-corrected chi connectivity index (χ4v) is 4.10. The van der Waals surface area contributed by atoms with Crippen LogP contribution in [0.5, 0.6) is 11.5 Å². The lowest BCUT2D eigenvalue weighted by atomic mass is 10.1. The van der Waals surface area contributed by atoms with E-state index in [1.54, 1.807) is 19.2 Å². The minimum absolute atomic E-state index is 0.185. The van der Waals surface area contributed by atoms with E-state index < -0.39 is 0 Å². The number of hydrogen-bond donors (Lipinski definition) is 1. The molecule has 0 fully saturated rings. The van der Waals surface area contributed by atoms with Crippen LogP contribution in [-0.4, -0.2) is 29.2 Å². The molecule has 0 bridgehead atoms. The highest BCUT2D eigenvalue weighted by molar-refractivity contribution is 5.97. The topological polar surface area (TPSA) is 65.4 Å². The summed E-state index contributed by atoms with van der Waals surface area (Å²) in [5.41, 5.74) is 3.69. The van der Waals surface area contributed by atoms with E-state index in [2.05, 4.69) is 28.9 Å². The van der Waals surface area contributed by atoms with Gasteiger partial charge in [-0.3, -0.25) is 4.79 Å². The number of rotatable bonds is 10. The molecule has 6 nitrogen and oxygen atoms in total. The number of benzene rings is 3. The summed E-state index contributed by atoms with van der Waals surface area (Å²) in [5.74, 6) is 2.11. The van der Waals surface area contributed by atoms with E-state index in [1.165, 1.54) is 5.56 Å². The number of carbonyl (C=O) groups is 1. The van der Waals surface area contributed by atoms with Gasteiger partial charge in [0.25, 0.3) is 5.91 Å². The van der Waals surface area contributed by atoms with E-state index >= 15 is 0 Å². The molecule has 0 aliphatic rings. The number of fused-ring (bicyclic) bond motifs is 1. The maximum absolute atomic E-state index is 12.9. The third-order valence-electron chi connectivity index (χ3n) is 5.80. The lowest BCUT2D eigenvalue weighted by Crippen LogP contribution is -2.29. The fraction of sp³-hybridized carbons (Fsp3) is 0.286. The number of unbranched alkanes of at least 4 members (excludes halogenated alkanes) is 1. The van der Waals surface area contributed by atoms with Crippen molar-refractivity contribution in [2.24, 2.45) is 0 Å². The van der Waals surface area contributed by atoms with E-state index in [-0.39, 0.29) is 11.9 Å². The second kappa shape index (κ2) is 10.9. The number of amides is 1. The zero-order valence-electron chi connectivity index (χ0n) is 20.0. The average molecular weight is 458 g/mol. The average Bonchev–Trinajstić information content (AvgIpc) is 3.22. The van der Waals surface area contributed by atoms with Crippen LogP contribution in [0.1, 0.15) is 47.6 Å². The van der Waals surface area contributed by atoms with Gasteiger partial charge in [-0.05, 0) is 68.7 Å². The number of nitrogens with zero attached hydrogens (tertiary/aromatic N) is 2. The SMILES string of the molecule is COc1ccccc1C(=O)NC(C)c1nc2ccccc2n1CCCCOc1cccc(C)c1. The Morgan fingerprint density at radius 3 is 2.65 bits per heavy atom. The molecule has 1 unspecified atom stereocenters. The number of ether oxygens (including phenoxy) is 2. The number of hydrogen-bond acceptors (Lipinski definition) is 4. The summed E-state index contributed by atoms with van der Waals surface area (Å²) < 4.78 is 13.5. The lowest BCUT2D eigenvalue weighted by molar-refractivity contribution is 0.0934. The molecule has 0 aliphatic heterocycles. The first-order valence-electron chi connectivity index (χ1n) is 11.7. The molecule has 1 aromatic heterocycles. The van der Waals surface area contributed by atoms with Crippen LogP contribution in [0.15, 0.2) is 72.8 Å². The number of para-hydroxylation sites is 3. The van der Waals surface area contributed by atoms with Crippen molar-refractivity contribution in [1.29, 1.82) is 0 Å². The summed E-state index contributed by atoms with van der Waals surface area (Å²) in [7, 11) is 1.57. The molecular weight excluding hydrogens is 426 g/mol. The van der Waals surface area contributed by atoms with Gasteiger partial charge in [0.2, 0.25) is 0 Å². The van der Waals surface area contributed by atoms with Crippen LogP contribution in [0, 0.1) is 6.92 Å². The quantitative estimate of drug-likeness (QED) is 0.310. The first kappa shape index (κ1) is 23.4. The standard InChI is InChI=1S/C28H31N3O3/c1-20-11-10-12-22(19-20)34-18-9-8-17-31-25-15-6-5-14-24(25)30-27(31)21(2)29-28(32)23-13-4-7-16-26(23)33-3/h4-7,10-16,19,21H,8-9,17-18H2,1-3H3,(H,29,32). The maximum Gasteiger partial charge on any atom is 0.255 e. The smallest absolute Gasteiger partial charge is 0.255 e. The second-order valence-electron chi connectivity index (χ2n) is 8.38. The van der Waals surface area contributed by atoms with Gasteiger partial charge in [0.1, 0.15) is 17.3 Å². The summed E-state index contributed by atoms with van der Waals surface area (Å²) in [6.45, 7) is 5.48. The maximum atomic E-state index is 12.9. The number of methoxy groups -OCH3 is 1. The van der Waals surface area contributed by atoms with Crippen molar-refractivity contribution in [1.82, 2.24) is 14.9 Å². The van der Waals surface area contributed by atoms with Crippen LogP contribution < -0.4 is 14.8 Å². The summed E-state index contributed by atoms with van der Waals surface area (Å²) in [6, 6.07) is 23.1. The van der Waals surface area contributed by atoms with Crippen molar-refractivity contribution in [2.45, 2.75) is 39.3 Å². The normalized spacial score (nSPS) is 11.9. The van der Waals surface area contributed by atoms with Crippen LogP contribution in [0.4, 0.5) is 0 Å². The van der Waals surface area contributed by atoms with Gasteiger partial charge in [-0.25, -0.2) is 4.98 Å². The van der Waals surface area contributed by atoms with Crippen LogP contribution in [0.25, 0.3) is 11.0 Å². The van der Waals surface area contributed by atoms with Crippen molar-refractivity contribution < 1.29 is 14.3 Å². The number of aryl methyl sites for hydroxylation is 2. The highest BCUT2D eigenvalue weighted by atomic mass is 16.5. The monoisotopic (exact) mass is 457 g/mol. The molecule has 1 amide bonds. The van der Waals surface area contributed by atoms with Crippen molar-refractivity contribution in [3.8, 4) is 11.5 Å². The van der Waals surface area contributed by atoms with Crippen molar-refractivity contribution in [3.05, 3.63) is 89.7 Å². The van der Waals surface area contributed by atoms with Gasteiger partial charge in [0.15, 0.2) is 0 Å². The molecule has 4 aromatic rings. The van der Waals surface area contributed by atoms with Gasteiger partial charge in [-0.15, -0.1) is 0 Å². The van der Waals surface area contributed by atoms with Crippen LogP contribution in [0.3, 0.4) is 0 Å². The minimum atomic E-state index is -0.270. The molecule has 6 heteroatoms. The van der Waals surface area contributed by atoms with Gasteiger partial charge >= 0.3 is 0 Å². The highest BCUT2D eigenvalue weighted by Crippen LogP contribution is 2.23. The van der Waals surface area contributed by atoms with E-state index in [0.29, 0.717) is 17.9 Å². The number of carbonyl (C=O) groups excluding carboxylic acids is 1. The fourth-order valence-electron chi connectivity index (χ4n) is 4.10. The van der Waals surface area contributed by atoms with Gasteiger partial charge < -0.3 is 19.4 Å². The number of imidazole rings is 1. The zero-order valence-corrected chi connectivity index (χ0v) is 20.0. The minimum Gasteiger partial charge on any atom is -0.496 e. The molecule has 176 valence electrons. The first-order chi connectivity index (χ1) is 16.6. The molecule has 0 radical (unpaired) electrons. The lowest BCUT2D eigenvalue weighted by Gasteiger charge is -2.17. The Bertz CT molecular complexity index is 1260. The Hall–Kier alpha value is -3.80. The summed E-state index contributed by atoms with van der Waals surface area (Å²) in [4.78, 5) is 17.8. The number of aromatic nitrogens is 2. The summed E-state index contributed by atoms with van der Waals surface area (Å²) in [6.07, 6.45) is 1.86. The molecule has 0 aliphatic carbocycles. The zero-order chi connectivity index (χ0) is 23.9. The third kappa shape index (κ3) is 5.39. The van der Waals surface area contributed by atoms with Gasteiger partial charge in [0.05, 0.1) is 36.4 Å². The molecule has 4 rings (SSSR count). The second-order valence-corrected chi connectivity index (χ2v) is 8.38. The molecule has 0 spiro atoms. The highest BCUT2D eigenvalue weighted by Gasteiger charge is 2.20. The van der Waals surface area contributed by atoms with E-state index in [4.69, 9.17) is 14.5 Å². The molecule has 1 atom stereocenters. The van der Waals surface area contributed by atoms with Crippen molar-refractivity contribution in [3.63, 3.8) is 0 Å². The van der Waals surface area contributed by atoms with Crippen LogP contribution in [0.2, 0.25) is 0 Å². The third-order valence-corrected chi connectivity index (χ3v) is 5.80. The van der Waals surface area contributed by atoms with E-state index in [0.717, 1.165) is 42.0 Å². The van der Waals surface area contributed by atoms with E-state index in [9.17, 15) is 4.79 Å². The molecule has 1 heterocycles. The Kier molecular flexibility index (Phi) is 7.48. The Morgan fingerprint density at radius 2 is 1.82 bits per heavy atom. The van der Waals surface area contributed by atoms with Gasteiger partial charge in [-0.2, -0.15) is 0 Å². The molecule has 1 N–H and O–H groups in total. The summed E-state index contributed by atoms with van der Waals surface area (Å²) >= 11 is 0.